The van der Waals surface area contributed by atoms with Gasteiger partial charge in [0.1, 0.15) is 5.82 Å². The summed E-state index contributed by atoms with van der Waals surface area (Å²) in [7, 11) is -3.97. The van der Waals surface area contributed by atoms with Crippen molar-refractivity contribution in [2.75, 3.05) is 3.82 Å². The van der Waals surface area contributed by atoms with Gasteiger partial charge in [-0.15, -0.1) is 0 Å². The van der Waals surface area contributed by atoms with Gasteiger partial charge in [-0.25, -0.2) is 9.37 Å². The van der Waals surface area contributed by atoms with Crippen molar-refractivity contribution in [3.8, 4) is 0 Å². The molecule has 0 radical (unpaired) electrons. The number of anilines is 1. The first-order valence-electron chi connectivity index (χ1n) is 8.84. The molecule has 0 aliphatic heterocycles. The minimum absolute atomic E-state index is 0.0791. The molecule has 0 fully saturated rings. The van der Waals surface area contributed by atoms with Crippen LogP contribution in [-0.4, -0.2) is 13.4 Å². The molecule has 0 saturated carbocycles. The molecule has 3 aromatic rings. The second kappa shape index (κ2) is 8.90. The van der Waals surface area contributed by atoms with Gasteiger partial charge in [-0.2, -0.15) is 12.2 Å². The maximum atomic E-state index is 12.9. The lowest BCUT2D eigenvalue weighted by molar-refractivity contribution is 0.104. The number of pyridine rings is 1. The van der Waals surface area contributed by atoms with E-state index in [2.05, 4.69) is 4.98 Å². The fourth-order valence-electron chi connectivity index (χ4n) is 2.69. The van der Waals surface area contributed by atoms with Crippen LogP contribution in [0.1, 0.15) is 22.4 Å². The van der Waals surface area contributed by atoms with Gasteiger partial charge in [0.2, 0.25) is 0 Å². The van der Waals surface area contributed by atoms with Crippen LogP contribution in [0, 0.1) is 19.7 Å². The third-order valence-electron chi connectivity index (χ3n) is 4.24. The average Bonchev–Trinajstić information content (AvgIpc) is 2.71. The molecular weight excluding hydrogens is 415 g/mol. The zero-order chi connectivity index (χ0) is 21.0. The van der Waals surface area contributed by atoms with Crippen molar-refractivity contribution < 1.29 is 17.5 Å². The van der Waals surface area contributed by atoms with Crippen LogP contribution in [0.3, 0.4) is 0 Å². The fourth-order valence-corrected chi connectivity index (χ4v) is 4.34. The molecule has 8 heteroatoms. The lowest BCUT2D eigenvalue weighted by atomic mass is 10.2. The Morgan fingerprint density at radius 2 is 1.76 bits per heavy atom. The summed E-state index contributed by atoms with van der Waals surface area (Å²) in [6, 6.07) is 16.0. The van der Waals surface area contributed by atoms with E-state index < -0.39 is 10.0 Å². The number of rotatable bonds is 7. The van der Waals surface area contributed by atoms with Gasteiger partial charge in [-0.1, -0.05) is 30.3 Å². The molecule has 0 atom stereocenters. The summed E-state index contributed by atoms with van der Waals surface area (Å²) in [5.74, 6) is -0.231. The Kier molecular flexibility index (Phi) is 6.52. The molecular formula is C21H20ClFN2O3S. The van der Waals surface area contributed by atoms with E-state index in [-0.39, 0.29) is 29.7 Å². The zero-order valence-corrected chi connectivity index (χ0v) is 17.5. The average molecular weight is 435 g/mol. The molecule has 152 valence electrons. The quantitative estimate of drug-likeness (QED) is 0.496. The Hall–Kier alpha value is -2.48. The van der Waals surface area contributed by atoms with E-state index in [1.54, 1.807) is 43.3 Å². The van der Waals surface area contributed by atoms with Crippen LogP contribution in [0.15, 0.2) is 65.6 Å². The first-order chi connectivity index (χ1) is 13.8. The Morgan fingerprint density at radius 3 is 2.48 bits per heavy atom. The molecule has 29 heavy (non-hydrogen) atoms. The van der Waals surface area contributed by atoms with Gasteiger partial charge in [0.15, 0.2) is 5.82 Å². The molecule has 2 aromatic carbocycles. The lowest BCUT2D eigenvalue weighted by Gasteiger charge is -2.17. The molecule has 0 unspecified atom stereocenters. The van der Waals surface area contributed by atoms with Gasteiger partial charge in [0, 0.05) is 11.8 Å². The SMILES string of the molecule is Cc1ccc(C)c(S(=O)(=O)N(Cl)c2cccc(COCc3ccc(F)cc3)n2)c1. The molecule has 0 aliphatic carbocycles. The van der Waals surface area contributed by atoms with Crippen molar-refractivity contribution in [3.05, 3.63) is 88.9 Å². The lowest BCUT2D eigenvalue weighted by Crippen LogP contribution is -2.23. The molecule has 0 amide bonds. The Morgan fingerprint density at radius 1 is 1.03 bits per heavy atom. The monoisotopic (exact) mass is 434 g/mol. The van der Waals surface area contributed by atoms with E-state index >= 15 is 0 Å². The second-order valence-electron chi connectivity index (χ2n) is 6.60. The van der Waals surface area contributed by atoms with Crippen LogP contribution >= 0.6 is 11.8 Å². The van der Waals surface area contributed by atoms with E-state index in [4.69, 9.17) is 16.5 Å². The highest BCUT2D eigenvalue weighted by Crippen LogP contribution is 2.27. The van der Waals surface area contributed by atoms with E-state index in [0.717, 1.165) is 11.1 Å². The normalized spacial score (nSPS) is 11.4. The molecule has 5 nitrogen and oxygen atoms in total. The Labute approximate surface area is 174 Å². The van der Waals surface area contributed by atoms with Crippen molar-refractivity contribution in [1.82, 2.24) is 4.98 Å². The Bertz CT molecular complexity index is 1110. The van der Waals surface area contributed by atoms with Gasteiger partial charge >= 0.3 is 0 Å². The minimum atomic E-state index is -3.97. The first-order valence-corrected chi connectivity index (χ1v) is 10.6. The van der Waals surface area contributed by atoms with Crippen molar-refractivity contribution in [2.45, 2.75) is 32.0 Å². The van der Waals surface area contributed by atoms with Gasteiger partial charge < -0.3 is 4.74 Å². The largest absolute Gasteiger partial charge is 0.370 e. The van der Waals surface area contributed by atoms with Gasteiger partial charge in [-0.3, -0.25) is 0 Å². The van der Waals surface area contributed by atoms with Crippen molar-refractivity contribution in [1.29, 1.82) is 0 Å². The molecule has 0 aliphatic rings. The fraction of sp³-hybridized carbons (Fsp3) is 0.190. The number of hydrogen-bond donors (Lipinski definition) is 0. The van der Waals surface area contributed by atoms with Crippen molar-refractivity contribution in [3.63, 3.8) is 0 Å². The van der Waals surface area contributed by atoms with E-state index in [1.807, 2.05) is 13.0 Å². The molecule has 0 N–H and O–H groups in total. The maximum Gasteiger partial charge on any atom is 0.279 e. The number of halogens is 2. The number of hydrogen-bond acceptors (Lipinski definition) is 4. The van der Waals surface area contributed by atoms with Crippen LogP contribution in [0.2, 0.25) is 0 Å². The highest BCUT2D eigenvalue weighted by molar-refractivity contribution is 7.94. The van der Waals surface area contributed by atoms with Crippen LogP contribution in [0.4, 0.5) is 10.2 Å². The van der Waals surface area contributed by atoms with Gasteiger partial charge in [-0.05, 0) is 60.9 Å². The number of nitrogens with zero attached hydrogens (tertiary/aromatic N) is 2. The summed E-state index contributed by atoms with van der Waals surface area (Å²) in [4.78, 5) is 4.42. The van der Waals surface area contributed by atoms with Crippen molar-refractivity contribution in [2.24, 2.45) is 0 Å². The van der Waals surface area contributed by atoms with E-state index in [9.17, 15) is 12.8 Å². The summed E-state index contributed by atoms with van der Waals surface area (Å²) in [5.41, 5.74) is 2.75. The number of aromatic nitrogens is 1. The summed E-state index contributed by atoms with van der Waals surface area (Å²) in [6.45, 7) is 3.95. The number of sulfonamides is 1. The molecule has 0 saturated heterocycles. The zero-order valence-electron chi connectivity index (χ0n) is 16.0. The summed E-state index contributed by atoms with van der Waals surface area (Å²) in [5, 5.41) is 0. The number of aryl methyl sites for hydroxylation is 2. The van der Waals surface area contributed by atoms with Crippen LogP contribution in [-0.2, 0) is 28.0 Å². The van der Waals surface area contributed by atoms with Crippen LogP contribution in [0.25, 0.3) is 0 Å². The van der Waals surface area contributed by atoms with Gasteiger partial charge in [0.05, 0.1) is 23.8 Å². The highest BCUT2D eigenvalue weighted by atomic mass is 35.5. The summed E-state index contributed by atoms with van der Waals surface area (Å²) >= 11 is 6.18. The molecule has 1 aromatic heterocycles. The van der Waals surface area contributed by atoms with E-state index in [1.165, 1.54) is 18.2 Å². The standard InChI is InChI=1S/C21H20ClFN2O3S/c1-15-6-7-16(2)20(12-15)29(26,27)25(22)21-5-3-4-19(24-21)14-28-13-17-8-10-18(23)11-9-17/h3-12H,13-14H2,1-2H3. The topological polar surface area (TPSA) is 59.5 Å². The third-order valence-corrected chi connectivity index (χ3v) is 6.56. The first kappa shape index (κ1) is 21.2. The smallest absolute Gasteiger partial charge is 0.279 e. The highest BCUT2D eigenvalue weighted by Gasteiger charge is 2.26. The second-order valence-corrected chi connectivity index (χ2v) is 8.89. The minimum Gasteiger partial charge on any atom is -0.370 e. The number of ether oxygens (including phenoxy) is 1. The predicted octanol–water partition coefficient (Wildman–Crippen LogP) is 4.90. The van der Waals surface area contributed by atoms with Gasteiger partial charge in [0.25, 0.3) is 10.0 Å². The summed E-state index contributed by atoms with van der Waals surface area (Å²) in [6.07, 6.45) is 0. The van der Waals surface area contributed by atoms with E-state index in [0.29, 0.717) is 15.1 Å². The summed E-state index contributed by atoms with van der Waals surface area (Å²) < 4.78 is 45.1. The Balaban J connectivity index is 1.74. The van der Waals surface area contributed by atoms with Crippen molar-refractivity contribution >= 4 is 27.6 Å². The third kappa shape index (κ3) is 5.12. The predicted molar refractivity (Wildman–Crippen MR) is 111 cm³/mol. The molecule has 3 rings (SSSR count). The maximum absolute atomic E-state index is 12.9. The van der Waals surface area contributed by atoms with Crippen LogP contribution in [0.5, 0.6) is 0 Å². The number of benzene rings is 2. The molecule has 1 heterocycles. The molecule has 0 spiro atoms. The molecule has 0 bridgehead atoms. The van der Waals surface area contributed by atoms with Crippen LogP contribution < -0.4 is 3.82 Å².